The van der Waals surface area contributed by atoms with Gasteiger partial charge in [0.1, 0.15) is 0 Å². The molecule has 0 aliphatic carbocycles. The number of nitrogen functional groups attached to an aromatic ring is 2. The van der Waals surface area contributed by atoms with Crippen LogP contribution in [0.5, 0.6) is 0 Å². The molecule has 1 aromatic carbocycles. The molecular weight excluding hydrogens is 184 g/mol. The Kier molecular flexibility index (Phi) is 6.08. The van der Waals surface area contributed by atoms with E-state index in [0.717, 1.165) is 0 Å². The molecular formula is C8H16N4O2. The average molecular weight is 200 g/mol. The molecule has 0 saturated carbocycles. The number of ether oxygens (including phenoxy) is 1. The second-order valence-electron chi connectivity index (χ2n) is 2.34. The van der Waals surface area contributed by atoms with E-state index in [1.807, 2.05) is 0 Å². The van der Waals surface area contributed by atoms with Gasteiger partial charge in [-0.15, -0.1) is 0 Å². The summed E-state index contributed by atoms with van der Waals surface area (Å²) >= 11 is 0. The molecule has 6 nitrogen and oxygen atoms in total. The fourth-order valence-electron chi connectivity index (χ4n) is 0.820. The van der Waals surface area contributed by atoms with Crippen LogP contribution in [0.1, 0.15) is 10.4 Å². The van der Waals surface area contributed by atoms with E-state index in [9.17, 15) is 4.79 Å². The third kappa shape index (κ3) is 2.92. The van der Waals surface area contributed by atoms with E-state index in [0.29, 0.717) is 16.9 Å². The Morgan fingerprint density at radius 1 is 1.21 bits per heavy atom. The number of benzene rings is 1. The summed E-state index contributed by atoms with van der Waals surface area (Å²) in [5.74, 6) is -0.415. The maximum atomic E-state index is 11.0. The Hall–Kier alpha value is -1.79. The minimum atomic E-state index is -0.415. The molecule has 0 spiro atoms. The zero-order chi connectivity index (χ0) is 9.14. The van der Waals surface area contributed by atoms with Crippen molar-refractivity contribution in [1.29, 1.82) is 0 Å². The third-order valence-corrected chi connectivity index (χ3v) is 1.51. The third-order valence-electron chi connectivity index (χ3n) is 1.51. The van der Waals surface area contributed by atoms with Gasteiger partial charge in [-0.2, -0.15) is 0 Å². The second kappa shape index (κ2) is 5.79. The SMILES string of the molecule is COC(=O)c1ccc(N)c(N)c1.N.N. The number of carbonyl (C=O) groups is 1. The lowest BCUT2D eigenvalue weighted by molar-refractivity contribution is 0.0601. The highest BCUT2D eigenvalue weighted by atomic mass is 16.5. The van der Waals surface area contributed by atoms with E-state index in [1.54, 1.807) is 12.1 Å². The molecule has 10 N–H and O–H groups in total. The first-order valence-electron chi connectivity index (χ1n) is 3.38. The molecule has 0 fully saturated rings. The van der Waals surface area contributed by atoms with Crippen LogP contribution in [0.25, 0.3) is 0 Å². The highest BCUT2D eigenvalue weighted by molar-refractivity contribution is 5.91. The van der Waals surface area contributed by atoms with Crippen molar-refractivity contribution in [3.8, 4) is 0 Å². The fourth-order valence-corrected chi connectivity index (χ4v) is 0.820. The molecule has 14 heavy (non-hydrogen) atoms. The zero-order valence-electron chi connectivity index (χ0n) is 8.12. The summed E-state index contributed by atoms with van der Waals surface area (Å²) in [6.07, 6.45) is 0. The molecule has 0 heterocycles. The van der Waals surface area contributed by atoms with Crippen LogP contribution < -0.4 is 23.8 Å². The van der Waals surface area contributed by atoms with Gasteiger partial charge in [0.15, 0.2) is 0 Å². The molecule has 0 amide bonds. The monoisotopic (exact) mass is 200 g/mol. The van der Waals surface area contributed by atoms with E-state index >= 15 is 0 Å². The van der Waals surface area contributed by atoms with Crippen molar-refractivity contribution in [3.05, 3.63) is 23.8 Å². The Bertz CT molecular complexity index is 314. The van der Waals surface area contributed by atoms with Crippen LogP contribution in [-0.4, -0.2) is 13.1 Å². The lowest BCUT2D eigenvalue weighted by Gasteiger charge is -2.02. The molecule has 80 valence electrons. The first-order chi connectivity index (χ1) is 5.65. The lowest BCUT2D eigenvalue weighted by Crippen LogP contribution is -2.03. The first-order valence-corrected chi connectivity index (χ1v) is 3.38. The number of rotatable bonds is 1. The predicted octanol–water partition coefficient (Wildman–Crippen LogP) is 0.962. The normalized spacial score (nSPS) is 8.07. The van der Waals surface area contributed by atoms with Gasteiger partial charge in [-0.3, -0.25) is 0 Å². The molecule has 0 radical (unpaired) electrons. The quantitative estimate of drug-likeness (QED) is 0.392. The summed E-state index contributed by atoms with van der Waals surface area (Å²) in [5.41, 5.74) is 12.2. The van der Waals surface area contributed by atoms with E-state index in [1.165, 1.54) is 13.2 Å². The number of carbonyl (C=O) groups excluding carboxylic acids is 1. The molecule has 0 atom stereocenters. The van der Waals surface area contributed by atoms with Crippen LogP contribution >= 0.6 is 0 Å². The molecule has 0 aliphatic heterocycles. The van der Waals surface area contributed by atoms with Crippen LogP contribution in [0, 0.1) is 0 Å². The van der Waals surface area contributed by atoms with Crippen LogP contribution in [0.15, 0.2) is 18.2 Å². The highest BCUT2D eigenvalue weighted by Gasteiger charge is 2.05. The van der Waals surface area contributed by atoms with E-state index in [2.05, 4.69) is 4.74 Å². The van der Waals surface area contributed by atoms with Crippen molar-refractivity contribution in [3.63, 3.8) is 0 Å². The minimum Gasteiger partial charge on any atom is -0.465 e. The number of nitrogens with two attached hydrogens (primary N) is 2. The summed E-state index contributed by atoms with van der Waals surface area (Å²) in [4.78, 5) is 11.0. The molecule has 0 aromatic heterocycles. The largest absolute Gasteiger partial charge is 0.465 e. The van der Waals surface area contributed by atoms with E-state index < -0.39 is 5.97 Å². The van der Waals surface area contributed by atoms with Gasteiger partial charge < -0.3 is 28.5 Å². The fraction of sp³-hybridized carbons (Fsp3) is 0.125. The van der Waals surface area contributed by atoms with Crippen LogP contribution in [0.3, 0.4) is 0 Å². The summed E-state index contributed by atoms with van der Waals surface area (Å²) in [5, 5.41) is 0. The van der Waals surface area contributed by atoms with Gasteiger partial charge in [0.2, 0.25) is 0 Å². The highest BCUT2D eigenvalue weighted by Crippen LogP contribution is 2.16. The zero-order valence-corrected chi connectivity index (χ0v) is 8.12. The van der Waals surface area contributed by atoms with Gasteiger partial charge in [-0.1, -0.05) is 0 Å². The molecule has 0 aliphatic rings. The van der Waals surface area contributed by atoms with Crippen LogP contribution in [0.2, 0.25) is 0 Å². The van der Waals surface area contributed by atoms with Crippen molar-refractivity contribution >= 4 is 17.3 Å². The molecule has 0 bridgehead atoms. The summed E-state index contributed by atoms with van der Waals surface area (Å²) < 4.78 is 4.50. The van der Waals surface area contributed by atoms with Gasteiger partial charge in [0.05, 0.1) is 24.0 Å². The van der Waals surface area contributed by atoms with Crippen molar-refractivity contribution in [2.75, 3.05) is 18.6 Å². The minimum absolute atomic E-state index is 0. The standard InChI is InChI=1S/C8H10N2O2.2H3N/c1-12-8(11)5-2-3-6(9)7(10)4-5;;/h2-4H,9-10H2,1H3;2*1H3. The van der Waals surface area contributed by atoms with Gasteiger partial charge in [-0.05, 0) is 18.2 Å². The number of hydrogen-bond acceptors (Lipinski definition) is 6. The number of hydrogen-bond donors (Lipinski definition) is 4. The predicted molar refractivity (Wildman–Crippen MR) is 56.7 cm³/mol. The number of anilines is 2. The van der Waals surface area contributed by atoms with Gasteiger partial charge in [0.25, 0.3) is 0 Å². The summed E-state index contributed by atoms with van der Waals surface area (Å²) in [6, 6.07) is 4.63. The van der Waals surface area contributed by atoms with Crippen molar-refractivity contribution in [2.45, 2.75) is 0 Å². The maximum absolute atomic E-state index is 11.0. The summed E-state index contributed by atoms with van der Waals surface area (Å²) in [6.45, 7) is 0. The topological polar surface area (TPSA) is 148 Å². The first kappa shape index (κ1) is 14.7. The van der Waals surface area contributed by atoms with Gasteiger partial charge >= 0.3 is 5.97 Å². The van der Waals surface area contributed by atoms with Crippen molar-refractivity contribution in [2.24, 2.45) is 0 Å². The Balaban J connectivity index is 0. The molecule has 0 saturated heterocycles. The molecule has 1 rings (SSSR count). The summed E-state index contributed by atoms with van der Waals surface area (Å²) in [7, 11) is 1.31. The number of esters is 1. The Labute approximate surface area is 82.4 Å². The molecule has 1 aromatic rings. The smallest absolute Gasteiger partial charge is 0.337 e. The van der Waals surface area contributed by atoms with E-state index in [4.69, 9.17) is 11.5 Å². The lowest BCUT2D eigenvalue weighted by atomic mass is 10.2. The average Bonchev–Trinajstić information content (AvgIpc) is 2.08. The van der Waals surface area contributed by atoms with E-state index in [-0.39, 0.29) is 12.3 Å². The van der Waals surface area contributed by atoms with Gasteiger partial charge in [-0.25, -0.2) is 4.79 Å². The maximum Gasteiger partial charge on any atom is 0.337 e. The molecule has 6 heteroatoms. The van der Waals surface area contributed by atoms with Crippen LogP contribution in [0.4, 0.5) is 11.4 Å². The Morgan fingerprint density at radius 3 is 2.21 bits per heavy atom. The Morgan fingerprint density at radius 2 is 1.79 bits per heavy atom. The number of methoxy groups -OCH3 is 1. The second-order valence-corrected chi connectivity index (χ2v) is 2.34. The van der Waals surface area contributed by atoms with Gasteiger partial charge in [0, 0.05) is 0 Å². The van der Waals surface area contributed by atoms with Crippen molar-refractivity contribution < 1.29 is 9.53 Å². The van der Waals surface area contributed by atoms with Crippen molar-refractivity contribution in [1.82, 2.24) is 12.3 Å². The molecule has 0 unspecified atom stereocenters. The van der Waals surface area contributed by atoms with Crippen LogP contribution in [-0.2, 0) is 4.74 Å².